The van der Waals surface area contributed by atoms with Gasteiger partial charge in [-0.1, -0.05) is 86.6 Å². The summed E-state index contributed by atoms with van der Waals surface area (Å²) in [7, 11) is 0. The molecule has 10 heteroatoms. The maximum atomic E-state index is 14.1. The van der Waals surface area contributed by atoms with Crippen molar-refractivity contribution in [1.82, 2.24) is 24.9 Å². The number of hydrogen-bond donors (Lipinski definition) is 2. The number of amides is 4. The maximum absolute atomic E-state index is 14.1. The Balaban J connectivity index is 1.20. The van der Waals surface area contributed by atoms with Crippen LogP contribution >= 0.6 is 0 Å². The lowest BCUT2D eigenvalue weighted by atomic mass is 9.96. The molecule has 10 nitrogen and oxygen atoms in total. The monoisotopic (exact) mass is 693 g/mol. The highest BCUT2D eigenvalue weighted by atomic mass is 16.3. The number of phenols is 1. The fourth-order valence-electron chi connectivity index (χ4n) is 8.07. The molecule has 3 aromatic carbocycles. The highest BCUT2D eigenvalue weighted by Gasteiger charge is 2.43. The minimum absolute atomic E-state index is 0.0403. The van der Waals surface area contributed by atoms with Gasteiger partial charge >= 0.3 is 23.6 Å². The molecule has 3 aliphatic rings. The molecule has 3 saturated heterocycles. The summed E-state index contributed by atoms with van der Waals surface area (Å²) >= 11 is 0. The van der Waals surface area contributed by atoms with E-state index in [-0.39, 0.29) is 35.8 Å². The zero-order chi connectivity index (χ0) is 35.9. The van der Waals surface area contributed by atoms with E-state index in [0.29, 0.717) is 52.0 Å². The van der Waals surface area contributed by atoms with Crippen molar-refractivity contribution in [2.75, 3.05) is 39.3 Å². The van der Waals surface area contributed by atoms with E-state index in [2.05, 4.69) is 24.1 Å². The lowest BCUT2D eigenvalue weighted by molar-refractivity contribution is -0.161. The van der Waals surface area contributed by atoms with E-state index >= 15 is 0 Å². The number of likely N-dealkylation sites (tertiary alicyclic amines) is 1. The third kappa shape index (κ3) is 8.97. The van der Waals surface area contributed by atoms with E-state index in [4.69, 9.17) is 0 Å². The molecule has 0 radical (unpaired) electrons. The Morgan fingerprint density at radius 1 is 0.745 bits per heavy atom. The second kappa shape index (κ2) is 16.5. The van der Waals surface area contributed by atoms with Crippen molar-refractivity contribution in [3.8, 4) is 5.75 Å². The van der Waals surface area contributed by atoms with Crippen LogP contribution in [0.3, 0.4) is 0 Å². The van der Waals surface area contributed by atoms with E-state index in [1.54, 1.807) is 21.9 Å². The Hall–Kier alpha value is -4.70. The molecule has 0 spiro atoms. The van der Waals surface area contributed by atoms with Crippen molar-refractivity contribution >= 4 is 23.6 Å². The van der Waals surface area contributed by atoms with Crippen molar-refractivity contribution in [3.05, 3.63) is 102 Å². The quantitative estimate of drug-likeness (QED) is 0.250. The third-order valence-corrected chi connectivity index (χ3v) is 10.7. The minimum atomic E-state index is -0.560. The number of carbonyl (C=O) groups excluding carboxylic acids is 4. The first kappa shape index (κ1) is 36.1. The first-order chi connectivity index (χ1) is 24.7. The van der Waals surface area contributed by atoms with Crippen LogP contribution in [0.2, 0.25) is 0 Å². The summed E-state index contributed by atoms with van der Waals surface area (Å²) in [6.45, 7) is 7.42. The van der Waals surface area contributed by atoms with E-state index in [0.717, 1.165) is 42.5 Å². The molecule has 2 N–H and O–H groups in total. The van der Waals surface area contributed by atoms with Crippen molar-refractivity contribution in [2.45, 2.75) is 76.5 Å². The van der Waals surface area contributed by atoms with Gasteiger partial charge in [0.1, 0.15) is 5.75 Å². The molecule has 0 aromatic heterocycles. The van der Waals surface area contributed by atoms with Crippen LogP contribution in [0.4, 0.5) is 0 Å². The first-order valence-electron chi connectivity index (χ1n) is 18.5. The predicted molar refractivity (Wildman–Crippen MR) is 196 cm³/mol. The van der Waals surface area contributed by atoms with Gasteiger partial charge in [0.25, 0.3) is 0 Å². The molecule has 4 atom stereocenters. The van der Waals surface area contributed by atoms with Crippen molar-refractivity contribution in [3.63, 3.8) is 0 Å². The molecule has 51 heavy (non-hydrogen) atoms. The number of piperazine rings is 2. The summed E-state index contributed by atoms with van der Waals surface area (Å²) in [5.74, 6) is -1.51. The second-order valence-corrected chi connectivity index (χ2v) is 14.8. The zero-order valence-electron chi connectivity index (χ0n) is 29.8. The van der Waals surface area contributed by atoms with E-state index in [9.17, 15) is 24.3 Å². The molecule has 3 fully saturated rings. The van der Waals surface area contributed by atoms with E-state index in [1.807, 2.05) is 77.7 Å². The van der Waals surface area contributed by atoms with Gasteiger partial charge in [-0.2, -0.15) is 0 Å². The molecule has 0 saturated carbocycles. The van der Waals surface area contributed by atoms with Gasteiger partial charge in [0.15, 0.2) is 0 Å². The van der Waals surface area contributed by atoms with Crippen molar-refractivity contribution in [1.29, 1.82) is 0 Å². The lowest BCUT2D eigenvalue weighted by Crippen LogP contribution is -2.64. The van der Waals surface area contributed by atoms with Gasteiger partial charge < -0.3 is 25.1 Å². The number of benzene rings is 3. The SMILES string of the molecule is CC(C)C[C@@H](CN1CCC[C@@H]1CN1C(=O)C(=O)NC[C@@H]1Cc1ccccc1)N1C[C@H](Cc2ccc(O)cc2)N(CCc2ccccc2)C(=O)C1=O. The van der Waals surface area contributed by atoms with Crippen LogP contribution in [0.5, 0.6) is 5.75 Å². The average molecular weight is 694 g/mol. The Morgan fingerprint density at radius 2 is 1.39 bits per heavy atom. The fourth-order valence-corrected chi connectivity index (χ4v) is 8.07. The standard InChI is InChI=1S/C41H51N5O5/c1-29(2)22-35(26-43-20-9-14-33(43)27-45-34(25-42-38(48)39(45)49)23-31-12-7-4-8-13-31)46-28-36(24-32-15-17-37(47)18-16-32)44(40(50)41(46)51)21-19-30-10-5-3-6-11-30/h3-8,10-13,15-18,29,33-36,47H,9,14,19-28H2,1-2H3,(H,42,48)/t33-,34+,35+,36+/m1/s1. The average Bonchev–Trinajstić information content (AvgIpc) is 3.57. The Labute approximate surface area is 301 Å². The second-order valence-electron chi connectivity index (χ2n) is 14.8. The van der Waals surface area contributed by atoms with Crippen LogP contribution in [0.1, 0.15) is 49.8 Å². The molecular weight excluding hydrogens is 642 g/mol. The molecule has 0 unspecified atom stereocenters. The lowest BCUT2D eigenvalue weighted by Gasteiger charge is -2.46. The summed E-state index contributed by atoms with van der Waals surface area (Å²) in [6.07, 6.45) is 4.45. The molecule has 3 heterocycles. The highest BCUT2D eigenvalue weighted by Crippen LogP contribution is 2.27. The fraction of sp³-hybridized carbons (Fsp3) is 0.463. The number of aromatic hydroxyl groups is 1. The molecule has 3 aliphatic heterocycles. The van der Waals surface area contributed by atoms with Gasteiger partial charge in [-0.3, -0.25) is 24.1 Å². The molecule has 4 amide bonds. The molecular formula is C41H51N5O5. The highest BCUT2D eigenvalue weighted by molar-refractivity contribution is 6.36. The van der Waals surface area contributed by atoms with Gasteiger partial charge in [-0.15, -0.1) is 0 Å². The normalized spacial score (nSPS) is 22.2. The number of hydrogen-bond acceptors (Lipinski definition) is 6. The summed E-state index contributed by atoms with van der Waals surface area (Å²) < 4.78 is 0. The van der Waals surface area contributed by atoms with Crippen LogP contribution in [-0.2, 0) is 38.4 Å². The number of phenolic OH excluding ortho intramolecular Hbond substituents is 1. The minimum Gasteiger partial charge on any atom is -0.508 e. The van der Waals surface area contributed by atoms with Gasteiger partial charge in [-0.25, -0.2) is 0 Å². The Morgan fingerprint density at radius 3 is 2.08 bits per heavy atom. The van der Waals surface area contributed by atoms with Crippen LogP contribution < -0.4 is 5.32 Å². The van der Waals surface area contributed by atoms with Crippen LogP contribution in [0, 0.1) is 5.92 Å². The summed E-state index contributed by atoms with van der Waals surface area (Å²) in [5, 5.41) is 12.7. The van der Waals surface area contributed by atoms with E-state index < -0.39 is 23.6 Å². The predicted octanol–water partition coefficient (Wildman–Crippen LogP) is 3.67. The van der Waals surface area contributed by atoms with Crippen LogP contribution in [0.15, 0.2) is 84.9 Å². The number of nitrogens with one attached hydrogen (secondary N) is 1. The zero-order valence-corrected chi connectivity index (χ0v) is 29.8. The first-order valence-corrected chi connectivity index (χ1v) is 18.5. The van der Waals surface area contributed by atoms with Crippen LogP contribution in [0.25, 0.3) is 0 Å². The Kier molecular flexibility index (Phi) is 11.7. The van der Waals surface area contributed by atoms with E-state index in [1.165, 1.54) is 0 Å². The summed E-state index contributed by atoms with van der Waals surface area (Å²) in [6, 6.07) is 26.6. The van der Waals surface area contributed by atoms with Gasteiger partial charge in [0.05, 0.1) is 12.1 Å². The topological polar surface area (TPSA) is 114 Å². The summed E-state index contributed by atoms with van der Waals surface area (Å²) in [4.78, 5) is 61.6. The molecule has 270 valence electrons. The largest absolute Gasteiger partial charge is 0.508 e. The molecule has 0 bridgehead atoms. The Bertz CT molecular complexity index is 1650. The smallest absolute Gasteiger partial charge is 0.312 e. The molecule has 3 aromatic rings. The maximum Gasteiger partial charge on any atom is 0.312 e. The van der Waals surface area contributed by atoms with Gasteiger partial charge in [0.2, 0.25) is 0 Å². The number of carbonyl (C=O) groups is 4. The third-order valence-electron chi connectivity index (χ3n) is 10.7. The van der Waals surface area contributed by atoms with Crippen molar-refractivity contribution < 1.29 is 24.3 Å². The van der Waals surface area contributed by atoms with Crippen molar-refractivity contribution in [2.24, 2.45) is 5.92 Å². The molecule has 6 rings (SSSR count). The molecule has 0 aliphatic carbocycles. The van der Waals surface area contributed by atoms with Gasteiger partial charge in [-0.05, 0) is 79.8 Å². The number of rotatable bonds is 14. The summed E-state index contributed by atoms with van der Waals surface area (Å²) in [5.41, 5.74) is 3.21. The van der Waals surface area contributed by atoms with Crippen LogP contribution in [-0.4, -0.2) is 112 Å². The van der Waals surface area contributed by atoms with Gasteiger partial charge in [0, 0.05) is 44.8 Å². The number of nitrogens with zero attached hydrogens (tertiary/aromatic N) is 4.